The third-order valence-corrected chi connectivity index (χ3v) is 4.51. The second kappa shape index (κ2) is 6.12. The van der Waals surface area contributed by atoms with E-state index >= 15 is 0 Å². The summed E-state index contributed by atoms with van der Waals surface area (Å²) < 4.78 is 10.6. The van der Waals surface area contributed by atoms with E-state index in [2.05, 4.69) is 10.6 Å². The van der Waals surface area contributed by atoms with Crippen molar-refractivity contribution in [2.24, 2.45) is 0 Å². The molecule has 25 heavy (non-hydrogen) atoms. The molecule has 2 N–H and O–H groups in total. The van der Waals surface area contributed by atoms with E-state index in [4.69, 9.17) is 9.47 Å². The summed E-state index contributed by atoms with van der Waals surface area (Å²) in [5.74, 6) is 1.12. The normalized spacial score (nSPS) is 16.0. The first-order chi connectivity index (χ1) is 12.1. The van der Waals surface area contributed by atoms with Crippen molar-refractivity contribution in [2.45, 2.75) is 25.8 Å². The molecule has 4 rings (SSSR count). The number of carbonyl (C=O) groups excluding carboxylic acids is 2. The molecule has 2 aromatic rings. The third-order valence-electron chi connectivity index (χ3n) is 4.51. The molecule has 0 radical (unpaired) electrons. The summed E-state index contributed by atoms with van der Waals surface area (Å²) >= 11 is 0. The third kappa shape index (κ3) is 3.03. The summed E-state index contributed by atoms with van der Waals surface area (Å²) in [6.07, 6.45) is 1.21. The van der Waals surface area contributed by atoms with Gasteiger partial charge in [0.25, 0.3) is 5.91 Å². The van der Waals surface area contributed by atoms with Gasteiger partial charge in [-0.1, -0.05) is 12.1 Å². The summed E-state index contributed by atoms with van der Waals surface area (Å²) in [6, 6.07) is 10.9. The second-order valence-corrected chi connectivity index (χ2v) is 6.23. The molecule has 2 amide bonds. The van der Waals surface area contributed by atoms with Crippen LogP contribution in [-0.2, 0) is 11.2 Å². The van der Waals surface area contributed by atoms with Gasteiger partial charge in [0.15, 0.2) is 11.5 Å². The van der Waals surface area contributed by atoms with E-state index in [1.54, 1.807) is 18.2 Å². The SMILES string of the molecule is C[C@@H](NC(=O)c1ccc2c(c1)OCO2)c1ccc2c(c1)CCC(=O)N2. The maximum absolute atomic E-state index is 12.5. The molecule has 0 saturated carbocycles. The number of ether oxygens (including phenoxy) is 2. The highest BCUT2D eigenvalue weighted by molar-refractivity contribution is 5.95. The Morgan fingerprint density at radius 1 is 1.12 bits per heavy atom. The van der Waals surface area contributed by atoms with Crippen molar-refractivity contribution in [2.75, 3.05) is 12.1 Å². The predicted molar refractivity (Wildman–Crippen MR) is 91.8 cm³/mol. The minimum absolute atomic E-state index is 0.0457. The van der Waals surface area contributed by atoms with Crippen LogP contribution in [0.2, 0.25) is 0 Å². The van der Waals surface area contributed by atoms with E-state index < -0.39 is 0 Å². The minimum Gasteiger partial charge on any atom is -0.454 e. The van der Waals surface area contributed by atoms with Gasteiger partial charge < -0.3 is 20.1 Å². The van der Waals surface area contributed by atoms with Crippen LogP contribution in [-0.4, -0.2) is 18.6 Å². The van der Waals surface area contributed by atoms with Gasteiger partial charge in [-0.25, -0.2) is 0 Å². The number of aryl methyl sites for hydroxylation is 1. The summed E-state index contributed by atoms with van der Waals surface area (Å²) in [4.78, 5) is 23.9. The van der Waals surface area contributed by atoms with Crippen LogP contribution >= 0.6 is 0 Å². The van der Waals surface area contributed by atoms with Crippen LogP contribution in [0.4, 0.5) is 5.69 Å². The fraction of sp³-hybridized carbons (Fsp3) is 0.263. The lowest BCUT2D eigenvalue weighted by Crippen LogP contribution is -2.27. The highest BCUT2D eigenvalue weighted by atomic mass is 16.7. The van der Waals surface area contributed by atoms with Crippen LogP contribution in [0.25, 0.3) is 0 Å². The monoisotopic (exact) mass is 338 g/mol. The molecule has 2 aliphatic heterocycles. The van der Waals surface area contributed by atoms with Crippen LogP contribution < -0.4 is 20.1 Å². The lowest BCUT2D eigenvalue weighted by Gasteiger charge is -2.20. The molecule has 6 nitrogen and oxygen atoms in total. The smallest absolute Gasteiger partial charge is 0.251 e. The number of fused-ring (bicyclic) bond motifs is 2. The number of anilines is 1. The standard InChI is InChI=1S/C19H18N2O4/c1-11(12-2-5-15-13(8-12)4-7-18(22)21-15)20-19(23)14-3-6-16-17(9-14)25-10-24-16/h2-3,5-6,8-9,11H,4,7,10H2,1H3,(H,20,23)(H,21,22)/t11-/m1/s1. The highest BCUT2D eigenvalue weighted by Gasteiger charge is 2.19. The maximum Gasteiger partial charge on any atom is 0.251 e. The van der Waals surface area contributed by atoms with Crippen molar-refractivity contribution in [3.05, 3.63) is 53.1 Å². The van der Waals surface area contributed by atoms with Crippen LogP contribution in [0.5, 0.6) is 11.5 Å². The van der Waals surface area contributed by atoms with Crippen molar-refractivity contribution in [1.29, 1.82) is 0 Å². The zero-order valence-electron chi connectivity index (χ0n) is 13.8. The summed E-state index contributed by atoms with van der Waals surface area (Å²) in [5, 5.41) is 5.86. The average Bonchev–Trinajstić information content (AvgIpc) is 3.08. The Kier molecular flexibility index (Phi) is 3.80. The average molecular weight is 338 g/mol. The van der Waals surface area contributed by atoms with Crippen LogP contribution in [0.3, 0.4) is 0 Å². The molecule has 0 spiro atoms. The molecular weight excluding hydrogens is 320 g/mol. The Morgan fingerprint density at radius 2 is 1.96 bits per heavy atom. The lowest BCUT2D eigenvalue weighted by atomic mass is 9.97. The molecule has 0 aromatic heterocycles. The highest BCUT2D eigenvalue weighted by Crippen LogP contribution is 2.32. The van der Waals surface area contributed by atoms with E-state index in [1.165, 1.54) is 0 Å². The van der Waals surface area contributed by atoms with Gasteiger partial charge in [-0.05, 0) is 48.7 Å². The molecule has 1 atom stereocenters. The Balaban J connectivity index is 1.49. The number of hydrogen-bond donors (Lipinski definition) is 2. The zero-order valence-corrected chi connectivity index (χ0v) is 13.8. The molecular formula is C19H18N2O4. The van der Waals surface area contributed by atoms with Crippen molar-refractivity contribution < 1.29 is 19.1 Å². The number of nitrogens with one attached hydrogen (secondary N) is 2. The van der Waals surface area contributed by atoms with E-state index in [1.807, 2.05) is 25.1 Å². The van der Waals surface area contributed by atoms with Gasteiger partial charge in [-0.2, -0.15) is 0 Å². The summed E-state index contributed by atoms with van der Waals surface area (Å²) in [6.45, 7) is 2.12. The van der Waals surface area contributed by atoms with Crippen molar-refractivity contribution in [1.82, 2.24) is 5.32 Å². The largest absolute Gasteiger partial charge is 0.454 e. The fourth-order valence-corrected chi connectivity index (χ4v) is 3.07. The van der Waals surface area contributed by atoms with E-state index in [-0.39, 0.29) is 24.6 Å². The summed E-state index contributed by atoms with van der Waals surface area (Å²) in [7, 11) is 0. The van der Waals surface area contributed by atoms with Gasteiger partial charge in [0.1, 0.15) is 0 Å². The van der Waals surface area contributed by atoms with Gasteiger partial charge in [-0.15, -0.1) is 0 Å². The molecule has 128 valence electrons. The maximum atomic E-state index is 12.5. The molecule has 2 aromatic carbocycles. The first kappa shape index (κ1) is 15.5. The van der Waals surface area contributed by atoms with Gasteiger partial charge in [0, 0.05) is 17.7 Å². The molecule has 2 aliphatic rings. The minimum atomic E-state index is -0.170. The van der Waals surface area contributed by atoms with Crippen molar-refractivity contribution >= 4 is 17.5 Å². The molecule has 0 unspecified atom stereocenters. The van der Waals surface area contributed by atoms with Crippen LogP contribution in [0, 0.1) is 0 Å². The molecule has 0 bridgehead atoms. The first-order valence-electron chi connectivity index (χ1n) is 8.23. The zero-order chi connectivity index (χ0) is 17.4. The predicted octanol–water partition coefficient (Wildman–Crippen LogP) is 2.79. The molecule has 0 fully saturated rings. The number of amides is 2. The van der Waals surface area contributed by atoms with Gasteiger partial charge in [-0.3, -0.25) is 9.59 Å². The topological polar surface area (TPSA) is 76.7 Å². The van der Waals surface area contributed by atoms with Crippen LogP contribution in [0.15, 0.2) is 36.4 Å². The van der Waals surface area contributed by atoms with Gasteiger partial charge >= 0.3 is 0 Å². The van der Waals surface area contributed by atoms with Gasteiger partial charge in [0.05, 0.1) is 6.04 Å². The first-order valence-corrected chi connectivity index (χ1v) is 8.23. The fourth-order valence-electron chi connectivity index (χ4n) is 3.07. The van der Waals surface area contributed by atoms with E-state index in [9.17, 15) is 9.59 Å². The van der Waals surface area contributed by atoms with Gasteiger partial charge in [0.2, 0.25) is 12.7 Å². The Bertz CT molecular complexity index is 862. The number of benzene rings is 2. The van der Waals surface area contributed by atoms with Crippen LogP contribution in [0.1, 0.15) is 40.9 Å². The Labute approximate surface area is 145 Å². The van der Waals surface area contributed by atoms with E-state index in [0.717, 1.165) is 23.2 Å². The number of hydrogen-bond acceptors (Lipinski definition) is 4. The van der Waals surface area contributed by atoms with E-state index in [0.29, 0.717) is 23.5 Å². The molecule has 0 aliphatic carbocycles. The number of rotatable bonds is 3. The molecule has 0 saturated heterocycles. The van der Waals surface area contributed by atoms with Crippen molar-refractivity contribution in [3.63, 3.8) is 0 Å². The second-order valence-electron chi connectivity index (χ2n) is 6.23. The molecule has 2 heterocycles. The Hall–Kier alpha value is -3.02. The Morgan fingerprint density at radius 3 is 2.84 bits per heavy atom. The lowest BCUT2D eigenvalue weighted by molar-refractivity contribution is -0.116. The van der Waals surface area contributed by atoms with Crippen molar-refractivity contribution in [3.8, 4) is 11.5 Å². The quantitative estimate of drug-likeness (QED) is 0.902. The number of carbonyl (C=O) groups is 2. The summed E-state index contributed by atoms with van der Waals surface area (Å²) in [5.41, 5.74) is 3.49. The molecule has 6 heteroatoms.